The first-order valence-electron chi connectivity index (χ1n) is 11.5. The zero-order valence-electron chi connectivity index (χ0n) is 19.7. The summed E-state index contributed by atoms with van der Waals surface area (Å²) in [6.45, 7) is 4.52. The Morgan fingerprint density at radius 1 is 1.18 bits per heavy atom. The smallest absolute Gasteiger partial charge is 0.308 e. The Labute approximate surface area is 203 Å². The molecular formula is C26H29N3O4S. The van der Waals surface area contributed by atoms with Crippen LogP contribution >= 0.6 is 11.3 Å². The lowest BCUT2D eigenvalue weighted by atomic mass is 9.88. The number of hydrogen-bond acceptors (Lipinski definition) is 5. The number of nitrogens with zero attached hydrogens (tertiary/aromatic N) is 3. The second-order valence-electron chi connectivity index (χ2n) is 8.49. The molecule has 0 aliphatic heterocycles. The molecule has 0 spiro atoms. The largest absolute Gasteiger partial charge is 0.469 e. The number of aromatic nitrogens is 1. The second kappa shape index (κ2) is 10.3. The van der Waals surface area contributed by atoms with Crippen molar-refractivity contribution in [2.75, 3.05) is 18.6 Å². The molecule has 2 aromatic heterocycles. The van der Waals surface area contributed by atoms with E-state index in [9.17, 15) is 14.4 Å². The van der Waals surface area contributed by atoms with E-state index in [4.69, 9.17) is 4.74 Å². The first-order chi connectivity index (χ1) is 16.4. The minimum Gasteiger partial charge on any atom is -0.469 e. The van der Waals surface area contributed by atoms with Gasteiger partial charge in [-0.2, -0.15) is 0 Å². The Morgan fingerprint density at radius 3 is 2.59 bits per heavy atom. The van der Waals surface area contributed by atoms with E-state index in [1.54, 1.807) is 9.47 Å². The lowest BCUT2D eigenvalue weighted by Crippen LogP contribution is -2.34. The van der Waals surface area contributed by atoms with Crippen molar-refractivity contribution < 1.29 is 19.1 Å². The molecule has 2 amide bonds. The number of methoxy groups -OCH3 is 1. The molecule has 1 aromatic carbocycles. The number of ether oxygens (including phenoxy) is 1. The van der Waals surface area contributed by atoms with Crippen molar-refractivity contribution in [2.45, 2.75) is 46.1 Å². The zero-order chi connectivity index (χ0) is 24.2. The van der Waals surface area contributed by atoms with Gasteiger partial charge in [-0.3, -0.25) is 14.4 Å². The monoisotopic (exact) mass is 479 g/mol. The maximum atomic E-state index is 13.4. The van der Waals surface area contributed by atoms with Crippen molar-refractivity contribution in [3.05, 3.63) is 53.0 Å². The third kappa shape index (κ3) is 4.82. The van der Waals surface area contributed by atoms with Crippen molar-refractivity contribution in [3.63, 3.8) is 0 Å². The summed E-state index contributed by atoms with van der Waals surface area (Å²) >= 11 is 1.53. The minimum absolute atomic E-state index is 0.0543. The number of esters is 1. The first-order valence-corrected chi connectivity index (χ1v) is 12.4. The van der Waals surface area contributed by atoms with Gasteiger partial charge in [-0.1, -0.05) is 18.2 Å². The lowest BCUT2D eigenvalue weighted by molar-refractivity contribution is -0.146. The number of thiophene rings is 1. The van der Waals surface area contributed by atoms with Crippen LogP contribution in [0.3, 0.4) is 0 Å². The van der Waals surface area contributed by atoms with Crippen LogP contribution in [-0.4, -0.2) is 41.7 Å². The van der Waals surface area contributed by atoms with Gasteiger partial charge in [0, 0.05) is 17.9 Å². The molecule has 8 heteroatoms. The molecule has 7 nitrogen and oxygen atoms in total. The van der Waals surface area contributed by atoms with E-state index in [1.807, 2.05) is 55.6 Å². The molecule has 178 valence electrons. The lowest BCUT2D eigenvalue weighted by Gasteiger charge is -2.24. The molecule has 0 N–H and O–H groups in total. The van der Waals surface area contributed by atoms with Crippen LogP contribution in [0.1, 0.15) is 48.7 Å². The van der Waals surface area contributed by atoms with E-state index < -0.39 is 0 Å². The van der Waals surface area contributed by atoms with Gasteiger partial charge < -0.3 is 14.2 Å². The summed E-state index contributed by atoms with van der Waals surface area (Å²) in [5, 5.41) is 1.96. The van der Waals surface area contributed by atoms with Crippen molar-refractivity contribution in [2.24, 2.45) is 10.9 Å². The summed E-state index contributed by atoms with van der Waals surface area (Å²) in [6, 6.07) is 11.6. The molecule has 1 aliphatic rings. The number of rotatable bonds is 6. The zero-order valence-corrected chi connectivity index (χ0v) is 20.6. The SMILES string of the molecule is CCN(C(=O)Cn1c(C(=O)N=C2CCC(C(=O)OC)CC2)cc2sccc21)c1ccccc1C. The molecule has 3 aromatic rings. The number of hydrogen-bond donors (Lipinski definition) is 0. The predicted molar refractivity (Wildman–Crippen MR) is 135 cm³/mol. The van der Waals surface area contributed by atoms with Crippen LogP contribution in [0.5, 0.6) is 0 Å². The van der Waals surface area contributed by atoms with Crippen LogP contribution in [0.15, 0.2) is 46.8 Å². The number of aliphatic imine (C=N–C) groups is 1. The van der Waals surface area contributed by atoms with Crippen LogP contribution in [-0.2, 0) is 20.9 Å². The number of carbonyl (C=O) groups excluding carboxylic acids is 3. The van der Waals surface area contributed by atoms with Crippen LogP contribution in [0.2, 0.25) is 0 Å². The topological polar surface area (TPSA) is 81.0 Å². The second-order valence-corrected chi connectivity index (χ2v) is 9.44. The van der Waals surface area contributed by atoms with Gasteiger partial charge in [0.15, 0.2) is 0 Å². The van der Waals surface area contributed by atoms with Gasteiger partial charge in [0.1, 0.15) is 12.2 Å². The highest BCUT2D eigenvalue weighted by atomic mass is 32.1. The summed E-state index contributed by atoms with van der Waals surface area (Å²) in [7, 11) is 1.40. The minimum atomic E-state index is -0.346. The fraction of sp³-hybridized carbons (Fsp3) is 0.385. The molecular weight excluding hydrogens is 450 g/mol. The van der Waals surface area contributed by atoms with E-state index in [0.717, 1.165) is 27.2 Å². The third-order valence-electron chi connectivity index (χ3n) is 6.42. The number of anilines is 1. The molecule has 1 aliphatic carbocycles. The Hall–Kier alpha value is -3.26. The molecule has 0 saturated heterocycles. The Bertz CT molecular complexity index is 1250. The summed E-state index contributed by atoms with van der Waals surface area (Å²) in [6.07, 6.45) is 2.46. The molecule has 0 atom stereocenters. The highest BCUT2D eigenvalue weighted by molar-refractivity contribution is 7.17. The first kappa shape index (κ1) is 23.9. The third-order valence-corrected chi connectivity index (χ3v) is 7.27. The molecule has 1 saturated carbocycles. The highest BCUT2D eigenvalue weighted by Gasteiger charge is 2.26. The van der Waals surface area contributed by atoms with Crippen molar-refractivity contribution in [1.29, 1.82) is 0 Å². The van der Waals surface area contributed by atoms with Gasteiger partial charge in [0.05, 0.1) is 23.2 Å². The number of likely N-dealkylation sites (N-methyl/N-ethyl adjacent to an activating group) is 1. The maximum absolute atomic E-state index is 13.4. The molecule has 2 heterocycles. The highest BCUT2D eigenvalue weighted by Crippen LogP contribution is 2.28. The molecule has 0 unspecified atom stereocenters. The van der Waals surface area contributed by atoms with E-state index >= 15 is 0 Å². The predicted octanol–water partition coefficient (Wildman–Crippen LogP) is 5.01. The van der Waals surface area contributed by atoms with Crippen molar-refractivity contribution >= 4 is 50.7 Å². The number of benzene rings is 1. The van der Waals surface area contributed by atoms with Crippen LogP contribution < -0.4 is 4.90 Å². The fourth-order valence-electron chi connectivity index (χ4n) is 4.56. The fourth-order valence-corrected chi connectivity index (χ4v) is 5.38. The Balaban J connectivity index is 1.58. The standard InChI is InChI=1S/C26H29N3O4S/c1-4-28(20-8-6-5-7-17(20)2)24(30)16-29-21-13-14-34-23(21)15-22(29)25(31)27-19-11-9-18(10-12-19)26(32)33-3/h5-8,13-15,18H,4,9-12,16H2,1-3H3. The maximum Gasteiger partial charge on any atom is 0.308 e. The van der Waals surface area contributed by atoms with E-state index in [2.05, 4.69) is 4.99 Å². The summed E-state index contributed by atoms with van der Waals surface area (Å²) < 4.78 is 7.56. The molecule has 0 radical (unpaired) electrons. The summed E-state index contributed by atoms with van der Waals surface area (Å²) in [5.41, 5.74) is 3.97. The average Bonchev–Trinajstić information content (AvgIpc) is 3.43. The summed E-state index contributed by atoms with van der Waals surface area (Å²) in [5.74, 6) is -0.762. The Morgan fingerprint density at radius 2 is 1.91 bits per heavy atom. The normalized spacial score (nSPS) is 15.9. The van der Waals surface area contributed by atoms with Crippen molar-refractivity contribution in [1.82, 2.24) is 4.57 Å². The summed E-state index contributed by atoms with van der Waals surface area (Å²) in [4.78, 5) is 44.5. The van der Waals surface area contributed by atoms with E-state index in [1.165, 1.54) is 18.4 Å². The molecule has 34 heavy (non-hydrogen) atoms. The van der Waals surface area contributed by atoms with Gasteiger partial charge in [-0.25, -0.2) is 4.99 Å². The number of aryl methyl sites for hydroxylation is 1. The molecule has 4 rings (SSSR count). The molecule has 0 bridgehead atoms. The quantitative estimate of drug-likeness (QED) is 0.466. The number of fused-ring (bicyclic) bond motifs is 1. The van der Waals surface area contributed by atoms with Crippen molar-refractivity contribution in [3.8, 4) is 0 Å². The van der Waals surface area contributed by atoms with Gasteiger partial charge in [0.25, 0.3) is 5.91 Å². The van der Waals surface area contributed by atoms with Crippen LogP contribution in [0.4, 0.5) is 5.69 Å². The number of amides is 2. The average molecular weight is 480 g/mol. The van der Waals surface area contributed by atoms with Gasteiger partial charge >= 0.3 is 5.97 Å². The van der Waals surface area contributed by atoms with Crippen LogP contribution in [0, 0.1) is 12.8 Å². The number of carbonyl (C=O) groups is 3. The van der Waals surface area contributed by atoms with Gasteiger partial charge in [-0.15, -0.1) is 11.3 Å². The van der Waals surface area contributed by atoms with E-state index in [-0.39, 0.29) is 30.2 Å². The van der Waals surface area contributed by atoms with E-state index in [0.29, 0.717) is 37.9 Å². The van der Waals surface area contributed by atoms with Crippen LogP contribution in [0.25, 0.3) is 10.2 Å². The Kier molecular flexibility index (Phi) is 7.26. The van der Waals surface area contributed by atoms with Gasteiger partial charge in [-0.05, 0) is 68.7 Å². The van der Waals surface area contributed by atoms with Gasteiger partial charge in [0.2, 0.25) is 5.91 Å². The molecule has 1 fully saturated rings. The number of para-hydroxylation sites is 1.